The number of hydrogen-bond acceptors (Lipinski definition) is 5. The van der Waals surface area contributed by atoms with Gasteiger partial charge in [0.05, 0.1) is 13.5 Å². The van der Waals surface area contributed by atoms with Gasteiger partial charge < -0.3 is 10.5 Å². The maximum absolute atomic E-state index is 12.1. The number of nitrogens with two attached hydrogens (primary N) is 1. The van der Waals surface area contributed by atoms with Gasteiger partial charge in [-0.2, -0.15) is 5.10 Å². The van der Waals surface area contributed by atoms with Crippen molar-refractivity contribution in [1.82, 2.24) is 14.8 Å². The molecular weight excluding hydrogens is 232 g/mol. The molecule has 0 unspecified atom stereocenters. The SMILES string of the molecule is COc1ccc(N)c(C(=O)Cc2ncnn2C)c1. The van der Waals surface area contributed by atoms with E-state index in [0.717, 1.165) is 0 Å². The minimum Gasteiger partial charge on any atom is -0.497 e. The minimum atomic E-state index is -0.109. The number of nitrogen functional groups attached to an aromatic ring is 1. The molecule has 1 aromatic carbocycles. The Morgan fingerprint density at radius 1 is 1.50 bits per heavy atom. The van der Waals surface area contributed by atoms with Crippen LogP contribution in [-0.2, 0) is 13.5 Å². The normalized spacial score (nSPS) is 10.3. The number of methoxy groups -OCH3 is 1. The molecule has 2 N–H and O–H groups in total. The number of ketones is 1. The van der Waals surface area contributed by atoms with E-state index in [9.17, 15) is 4.79 Å². The predicted molar refractivity (Wildman–Crippen MR) is 66.4 cm³/mol. The molecule has 0 fully saturated rings. The molecule has 0 aliphatic carbocycles. The fraction of sp³-hybridized carbons (Fsp3) is 0.250. The summed E-state index contributed by atoms with van der Waals surface area (Å²) < 4.78 is 6.64. The second-order valence-corrected chi connectivity index (χ2v) is 3.85. The monoisotopic (exact) mass is 246 g/mol. The van der Waals surface area contributed by atoms with Crippen LogP contribution in [0.3, 0.4) is 0 Å². The highest BCUT2D eigenvalue weighted by Gasteiger charge is 2.14. The van der Waals surface area contributed by atoms with Crippen molar-refractivity contribution >= 4 is 11.5 Å². The first-order valence-corrected chi connectivity index (χ1v) is 5.41. The van der Waals surface area contributed by atoms with Gasteiger partial charge in [0.2, 0.25) is 0 Å². The summed E-state index contributed by atoms with van der Waals surface area (Å²) in [6, 6.07) is 5.01. The average molecular weight is 246 g/mol. The third-order valence-corrected chi connectivity index (χ3v) is 2.68. The third-order valence-electron chi connectivity index (χ3n) is 2.68. The quantitative estimate of drug-likeness (QED) is 0.638. The maximum atomic E-state index is 12.1. The highest BCUT2D eigenvalue weighted by Crippen LogP contribution is 2.20. The first-order chi connectivity index (χ1) is 8.61. The van der Waals surface area contributed by atoms with Crippen molar-refractivity contribution in [3.05, 3.63) is 35.9 Å². The smallest absolute Gasteiger partial charge is 0.172 e. The molecule has 0 aliphatic rings. The van der Waals surface area contributed by atoms with Crippen molar-refractivity contribution in [2.45, 2.75) is 6.42 Å². The van der Waals surface area contributed by atoms with Gasteiger partial charge in [0.25, 0.3) is 0 Å². The Morgan fingerprint density at radius 3 is 2.89 bits per heavy atom. The highest BCUT2D eigenvalue weighted by molar-refractivity contribution is 6.02. The Morgan fingerprint density at radius 2 is 2.28 bits per heavy atom. The fourth-order valence-electron chi connectivity index (χ4n) is 1.62. The van der Waals surface area contributed by atoms with E-state index < -0.39 is 0 Å². The summed E-state index contributed by atoms with van der Waals surface area (Å²) >= 11 is 0. The molecule has 2 rings (SSSR count). The Kier molecular flexibility index (Phi) is 3.27. The van der Waals surface area contributed by atoms with Gasteiger partial charge in [-0.3, -0.25) is 9.48 Å². The van der Waals surface area contributed by atoms with E-state index in [1.165, 1.54) is 6.33 Å². The first-order valence-electron chi connectivity index (χ1n) is 5.41. The zero-order chi connectivity index (χ0) is 13.1. The Hall–Kier alpha value is -2.37. The number of hydrogen-bond donors (Lipinski definition) is 1. The molecule has 0 saturated carbocycles. The van der Waals surface area contributed by atoms with Gasteiger partial charge in [-0.15, -0.1) is 0 Å². The molecule has 0 spiro atoms. The number of aromatic nitrogens is 3. The lowest BCUT2D eigenvalue weighted by Crippen LogP contribution is -2.11. The molecular formula is C12H14N4O2. The van der Waals surface area contributed by atoms with Crippen LogP contribution in [0.25, 0.3) is 0 Å². The van der Waals surface area contributed by atoms with Gasteiger partial charge in [0.15, 0.2) is 5.78 Å². The molecule has 6 heteroatoms. The summed E-state index contributed by atoms with van der Waals surface area (Å²) in [6.45, 7) is 0. The molecule has 0 bridgehead atoms. The van der Waals surface area contributed by atoms with E-state index >= 15 is 0 Å². The Balaban J connectivity index is 2.26. The number of ether oxygens (including phenoxy) is 1. The molecule has 0 radical (unpaired) electrons. The van der Waals surface area contributed by atoms with Crippen LogP contribution in [-0.4, -0.2) is 27.7 Å². The van der Waals surface area contributed by atoms with Crippen LogP contribution >= 0.6 is 0 Å². The van der Waals surface area contributed by atoms with Crippen LogP contribution in [0.5, 0.6) is 5.75 Å². The number of anilines is 1. The fourth-order valence-corrected chi connectivity index (χ4v) is 1.62. The zero-order valence-electron chi connectivity index (χ0n) is 10.3. The van der Waals surface area contributed by atoms with Gasteiger partial charge in [0.1, 0.15) is 17.9 Å². The molecule has 0 saturated heterocycles. The molecule has 6 nitrogen and oxygen atoms in total. The van der Waals surface area contributed by atoms with Gasteiger partial charge in [-0.1, -0.05) is 0 Å². The highest BCUT2D eigenvalue weighted by atomic mass is 16.5. The zero-order valence-corrected chi connectivity index (χ0v) is 10.3. The van der Waals surface area contributed by atoms with E-state index in [1.54, 1.807) is 37.0 Å². The van der Waals surface area contributed by atoms with Crippen molar-refractivity contribution in [2.75, 3.05) is 12.8 Å². The molecule has 18 heavy (non-hydrogen) atoms. The summed E-state index contributed by atoms with van der Waals surface area (Å²) in [6.07, 6.45) is 1.57. The lowest BCUT2D eigenvalue weighted by Gasteiger charge is -2.07. The van der Waals surface area contributed by atoms with Crippen LogP contribution in [0.2, 0.25) is 0 Å². The first kappa shape index (κ1) is 12.1. The number of nitrogens with zero attached hydrogens (tertiary/aromatic N) is 3. The van der Waals surface area contributed by atoms with Crippen molar-refractivity contribution in [2.24, 2.45) is 7.05 Å². The van der Waals surface area contributed by atoms with Crippen LogP contribution < -0.4 is 10.5 Å². The van der Waals surface area contributed by atoms with Crippen molar-refractivity contribution in [3.63, 3.8) is 0 Å². The standard InChI is InChI=1S/C12H14N4O2/c1-16-12(14-7-15-16)6-11(17)9-5-8(18-2)3-4-10(9)13/h3-5,7H,6,13H2,1-2H3. The van der Waals surface area contributed by atoms with Crippen LogP contribution in [0.15, 0.2) is 24.5 Å². The number of rotatable bonds is 4. The Labute approximate surface area is 104 Å². The molecule has 94 valence electrons. The Bertz CT molecular complexity index is 577. The van der Waals surface area contributed by atoms with E-state index in [2.05, 4.69) is 10.1 Å². The minimum absolute atomic E-state index is 0.109. The number of benzene rings is 1. The summed E-state index contributed by atoms with van der Waals surface area (Å²) in [7, 11) is 3.28. The van der Waals surface area contributed by atoms with Crippen molar-refractivity contribution in [1.29, 1.82) is 0 Å². The van der Waals surface area contributed by atoms with Crippen LogP contribution in [0, 0.1) is 0 Å². The molecule has 0 aliphatic heterocycles. The van der Waals surface area contributed by atoms with Crippen molar-refractivity contribution in [3.8, 4) is 5.75 Å². The molecule has 0 amide bonds. The topological polar surface area (TPSA) is 83.0 Å². The van der Waals surface area contributed by atoms with Crippen molar-refractivity contribution < 1.29 is 9.53 Å². The molecule has 0 atom stereocenters. The summed E-state index contributed by atoms with van der Waals surface area (Å²) in [5.41, 5.74) is 6.67. The predicted octanol–water partition coefficient (Wildman–Crippen LogP) is 0.831. The van der Waals surface area contributed by atoms with Crippen LogP contribution in [0.1, 0.15) is 16.2 Å². The maximum Gasteiger partial charge on any atom is 0.172 e. The van der Waals surface area contributed by atoms with Gasteiger partial charge >= 0.3 is 0 Å². The van der Waals surface area contributed by atoms with E-state index in [0.29, 0.717) is 22.8 Å². The van der Waals surface area contributed by atoms with E-state index in [1.807, 2.05) is 0 Å². The van der Waals surface area contributed by atoms with E-state index in [-0.39, 0.29) is 12.2 Å². The largest absolute Gasteiger partial charge is 0.497 e. The van der Waals surface area contributed by atoms with Gasteiger partial charge in [-0.05, 0) is 18.2 Å². The lowest BCUT2D eigenvalue weighted by atomic mass is 10.1. The van der Waals surface area contributed by atoms with Gasteiger partial charge in [-0.25, -0.2) is 4.98 Å². The molecule has 1 aromatic heterocycles. The third kappa shape index (κ3) is 2.32. The molecule has 2 aromatic rings. The second-order valence-electron chi connectivity index (χ2n) is 3.85. The van der Waals surface area contributed by atoms with Crippen LogP contribution in [0.4, 0.5) is 5.69 Å². The van der Waals surface area contributed by atoms with Gasteiger partial charge in [0, 0.05) is 18.3 Å². The number of aryl methyl sites for hydroxylation is 1. The number of carbonyl (C=O) groups is 1. The number of Topliss-reactive ketones (excluding diaryl/α,β-unsaturated/α-hetero) is 1. The van der Waals surface area contributed by atoms with E-state index in [4.69, 9.17) is 10.5 Å². The lowest BCUT2D eigenvalue weighted by molar-refractivity contribution is 0.0990. The average Bonchev–Trinajstić information content (AvgIpc) is 2.75. The second kappa shape index (κ2) is 4.87. The molecule has 1 heterocycles. The summed E-state index contributed by atoms with van der Waals surface area (Å²) in [5.74, 6) is 1.09. The summed E-state index contributed by atoms with van der Waals surface area (Å²) in [4.78, 5) is 16.1. The number of carbonyl (C=O) groups excluding carboxylic acids is 1. The summed E-state index contributed by atoms with van der Waals surface area (Å²) in [5, 5.41) is 3.92.